The molecule has 3 amide bonds. The number of fused-ring (bicyclic) bond motifs is 6. The lowest BCUT2D eigenvalue weighted by Crippen LogP contribution is -2.71. The van der Waals surface area contributed by atoms with E-state index in [-0.39, 0.29) is 31.4 Å². The van der Waals surface area contributed by atoms with Crippen LogP contribution in [0.1, 0.15) is 33.3 Å². The van der Waals surface area contributed by atoms with E-state index in [2.05, 4.69) is 10.3 Å². The number of carbonyl (C=O) groups excluding carboxylic acids is 5. The number of carbonyl (C=O) groups is 5. The molecule has 2 unspecified atom stereocenters. The summed E-state index contributed by atoms with van der Waals surface area (Å²) in [5, 5.41) is 3.25. The van der Waals surface area contributed by atoms with Crippen molar-refractivity contribution in [2.75, 3.05) is 39.7 Å². The van der Waals surface area contributed by atoms with Gasteiger partial charge in [-0.3, -0.25) is 24.1 Å². The van der Waals surface area contributed by atoms with Gasteiger partial charge >= 0.3 is 11.9 Å². The van der Waals surface area contributed by atoms with Crippen molar-refractivity contribution in [3.8, 4) is 22.8 Å². The molecule has 1 aromatic heterocycles. The number of aromatic nitrogens is 1. The predicted molar refractivity (Wildman–Crippen MR) is 188 cm³/mol. The Hall–Kier alpha value is -4.63. The molecule has 50 heavy (non-hydrogen) atoms. The highest BCUT2D eigenvalue weighted by atomic mass is 32.2. The largest absolute Gasteiger partial charge is 0.484 e. The number of hydrogen-bond donors (Lipinski definition) is 2. The second kappa shape index (κ2) is 13.9. The quantitative estimate of drug-likeness (QED) is 0.232. The molecule has 4 heterocycles. The van der Waals surface area contributed by atoms with E-state index in [1.807, 2.05) is 30.3 Å². The molecule has 0 saturated carbocycles. The minimum absolute atomic E-state index is 0.0370. The van der Waals surface area contributed by atoms with Gasteiger partial charge in [0.25, 0.3) is 17.7 Å². The van der Waals surface area contributed by atoms with Gasteiger partial charge in [-0.15, -0.1) is 23.5 Å². The number of amides is 3. The normalized spacial score (nSPS) is 18.0. The average molecular weight is 723 g/mol. The van der Waals surface area contributed by atoms with E-state index < -0.39 is 40.8 Å². The number of β-lactam (4-membered cyclic amide) rings is 1. The van der Waals surface area contributed by atoms with E-state index >= 15 is 0 Å². The van der Waals surface area contributed by atoms with Gasteiger partial charge in [0.2, 0.25) is 0 Å². The van der Waals surface area contributed by atoms with Gasteiger partial charge in [-0.05, 0) is 62.7 Å². The predicted octanol–water partition coefficient (Wildman–Crippen LogP) is 3.85. The number of hydrogen-bond acceptors (Lipinski definition) is 11. The lowest BCUT2D eigenvalue weighted by molar-refractivity contribution is -0.159. The molecule has 6 rings (SSSR count). The van der Waals surface area contributed by atoms with E-state index in [0.717, 1.165) is 32.6 Å². The summed E-state index contributed by atoms with van der Waals surface area (Å²) in [5.41, 5.74) is 3.80. The van der Waals surface area contributed by atoms with Gasteiger partial charge in [0, 0.05) is 59.5 Å². The zero-order valence-electron chi connectivity index (χ0n) is 28.5. The highest BCUT2D eigenvalue weighted by molar-refractivity contribution is 8.00. The first-order chi connectivity index (χ1) is 23.7. The summed E-state index contributed by atoms with van der Waals surface area (Å²) in [4.78, 5) is 70.1. The van der Waals surface area contributed by atoms with Gasteiger partial charge in [-0.2, -0.15) is 0 Å². The number of benzene rings is 2. The maximum Gasteiger partial charge on any atom is 0.355 e. The number of aromatic amines is 1. The fourth-order valence-electron chi connectivity index (χ4n) is 5.70. The standard InChI is InChI=1S/C35H38N4O9S2/c1-18(40)45-13-19-16-50-33-30(32(43)39(33)31(19)34(44)48-35(2,3)4)37-27(41)14-46-21-7-9-22-26(12-21)49-17-24-23-11-20(47-15-28(42)38(5)6)8-10-25(23)36-29(22)24/h7-12,30,33,36H,13-17H2,1-6H3,(H,37,41). The Balaban J connectivity index is 1.09. The summed E-state index contributed by atoms with van der Waals surface area (Å²) in [7, 11) is 3.38. The minimum Gasteiger partial charge on any atom is -0.484 e. The molecule has 0 radical (unpaired) electrons. The van der Waals surface area contributed by atoms with Gasteiger partial charge in [-0.25, -0.2) is 4.79 Å². The van der Waals surface area contributed by atoms with E-state index in [4.69, 9.17) is 18.9 Å². The van der Waals surface area contributed by atoms with Gasteiger partial charge in [0.1, 0.15) is 40.8 Å². The Morgan fingerprint density at radius 1 is 1.02 bits per heavy atom. The maximum atomic E-state index is 13.3. The third-order valence-electron chi connectivity index (χ3n) is 8.11. The van der Waals surface area contributed by atoms with E-state index in [9.17, 15) is 24.0 Å². The first-order valence-electron chi connectivity index (χ1n) is 15.9. The van der Waals surface area contributed by atoms with Crippen molar-refractivity contribution in [2.45, 2.75) is 55.4 Å². The molecule has 3 aromatic rings. The number of nitrogens with zero attached hydrogens (tertiary/aromatic N) is 2. The van der Waals surface area contributed by atoms with Crippen LogP contribution in [-0.2, 0) is 39.2 Å². The van der Waals surface area contributed by atoms with Crippen LogP contribution in [-0.4, -0.2) is 101 Å². The molecule has 3 aliphatic rings. The molecule has 0 aliphatic carbocycles. The second-order valence-corrected chi connectivity index (χ2v) is 15.3. The summed E-state index contributed by atoms with van der Waals surface area (Å²) < 4.78 is 22.2. The Morgan fingerprint density at radius 2 is 1.74 bits per heavy atom. The fraction of sp³-hybridized carbons (Fsp3) is 0.400. The Labute approximate surface area is 297 Å². The zero-order chi connectivity index (χ0) is 35.9. The van der Waals surface area contributed by atoms with Gasteiger partial charge in [0.15, 0.2) is 13.2 Å². The van der Waals surface area contributed by atoms with E-state index in [1.54, 1.807) is 52.7 Å². The highest BCUT2D eigenvalue weighted by Crippen LogP contribution is 2.46. The molecule has 264 valence electrons. The van der Waals surface area contributed by atoms with Gasteiger partial charge < -0.3 is 34.1 Å². The summed E-state index contributed by atoms with van der Waals surface area (Å²) in [6, 6.07) is 10.5. The highest BCUT2D eigenvalue weighted by Gasteiger charge is 2.54. The number of ether oxygens (including phenoxy) is 4. The van der Waals surface area contributed by atoms with Crippen LogP contribution in [0.2, 0.25) is 0 Å². The first kappa shape index (κ1) is 35.2. The number of nitrogens with one attached hydrogen (secondary N) is 2. The zero-order valence-corrected chi connectivity index (χ0v) is 30.2. The summed E-state index contributed by atoms with van der Waals surface area (Å²) in [6.07, 6.45) is 0. The van der Waals surface area contributed by atoms with Crippen molar-refractivity contribution in [2.24, 2.45) is 0 Å². The Bertz CT molecular complexity index is 1930. The molecule has 2 atom stereocenters. The number of likely N-dealkylation sites (N-methyl/N-ethyl adjacent to an activating group) is 1. The van der Waals surface area contributed by atoms with Crippen LogP contribution in [0, 0.1) is 0 Å². The third-order valence-corrected chi connectivity index (χ3v) is 10.5. The smallest absolute Gasteiger partial charge is 0.355 e. The van der Waals surface area contributed by atoms with Crippen molar-refractivity contribution in [1.82, 2.24) is 20.1 Å². The monoisotopic (exact) mass is 722 g/mol. The SMILES string of the molecule is CC(=O)OCC1=C(C(=O)OC(C)(C)C)N2C(=O)C(NC(=O)COc3ccc4c(c3)SCc3c-4[nH]c4ccc(OCC(=O)N(C)C)cc34)C2SC1. The van der Waals surface area contributed by atoms with Crippen LogP contribution >= 0.6 is 23.5 Å². The first-order valence-corrected chi connectivity index (χ1v) is 17.9. The number of esters is 2. The van der Waals surface area contributed by atoms with Crippen LogP contribution in [0.25, 0.3) is 22.2 Å². The lowest BCUT2D eigenvalue weighted by atomic mass is 10.0. The topological polar surface area (TPSA) is 157 Å². The molecular weight excluding hydrogens is 685 g/mol. The number of rotatable bonds is 10. The Morgan fingerprint density at radius 3 is 2.46 bits per heavy atom. The van der Waals surface area contributed by atoms with Gasteiger partial charge in [0.05, 0.1) is 5.69 Å². The van der Waals surface area contributed by atoms with Crippen LogP contribution in [0.4, 0.5) is 0 Å². The second-order valence-electron chi connectivity index (χ2n) is 13.2. The molecule has 0 bridgehead atoms. The van der Waals surface area contributed by atoms with Crippen LogP contribution in [0.3, 0.4) is 0 Å². The summed E-state index contributed by atoms with van der Waals surface area (Å²) >= 11 is 3.01. The van der Waals surface area contributed by atoms with Crippen molar-refractivity contribution >= 4 is 64.1 Å². The number of thioether (sulfide) groups is 2. The van der Waals surface area contributed by atoms with Crippen LogP contribution in [0.15, 0.2) is 52.6 Å². The third kappa shape index (κ3) is 7.29. The minimum atomic E-state index is -0.859. The molecule has 15 heteroatoms. The van der Waals surface area contributed by atoms with E-state index in [0.29, 0.717) is 28.6 Å². The molecular formula is C35H38N4O9S2. The summed E-state index contributed by atoms with van der Waals surface area (Å²) in [6.45, 7) is 5.94. The van der Waals surface area contributed by atoms with Crippen molar-refractivity contribution in [3.63, 3.8) is 0 Å². The Kier molecular flexibility index (Phi) is 9.82. The van der Waals surface area contributed by atoms with Gasteiger partial charge in [-0.1, -0.05) is 0 Å². The van der Waals surface area contributed by atoms with Crippen molar-refractivity contribution < 1.29 is 42.9 Å². The molecule has 3 aliphatic heterocycles. The van der Waals surface area contributed by atoms with Crippen molar-refractivity contribution in [3.05, 3.63) is 53.2 Å². The van der Waals surface area contributed by atoms with E-state index in [1.165, 1.54) is 28.5 Å². The average Bonchev–Trinajstić information content (AvgIpc) is 3.44. The molecule has 0 spiro atoms. The maximum absolute atomic E-state index is 13.3. The van der Waals surface area contributed by atoms with Crippen LogP contribution in [0.5, 0.6) is 11.5 Å². The molecule has 1 saturated heterocycles. The lowest BCUT2D eigenvalue weighted by Gasteiger charge is -2.49. The summed E-state index contributed by atoms with van der Waals surface area (Å²) in [5.74, 6) is -0.118. The molecule has 1 fully saturated rings. The molecule has 2 N–H and O–H groups in total. The fourth-order valence-corrected chi connectivity index (χ4v) is 8.15. The molecule has 13 nitrogen and oxygen atoms in total. The van der Waals surface area contributed by atoms with Crippen molar-refractivity contribution in [1.29, 1.82) is 0 Å². The number of H-pyrrole nitrogens is 1. The van der Waals surface area contributed by atoms with Crippen LogP contribution < -0.4 is 14.8 Å². The molecule has 2 aromatic carbocycles.